The van der Waals surface area contributed by atoms with E-state index < -0.39 is 5.91 Å². The second kappa shape index (κ2) is 8.50. The van der Waals surface area contributed by atoms with E-state index in [1.807, 2.05) is 12.3 Å². The van der Waals surface area contributed by atoms with E-state index in [0.717, 1.165) is 0 Å². The van der Waals surface area contributed by atoms with Gasteiger partial charge in [0.05, 0.1) is 18.8 Å². The van der Waals surface area contributed by atoms with Crippen LogP contribution in [0.2, 0.25) is 0 Å². The lowest BCUT2D eigenvalue weighted by atomic mass is 10.1. The van der Waals surface area contributed by atoms with Crippen LogP contribution in [0.3, 0.4) is 0 Å². The summed E-state index contributed by atoms with van der Waals surface area (Å²) >= 11 is 0. The molecule has 3 N–H and O–H groups in total. The normalized spacial score (nSPS) is 21.5. The van der Waals surface area contributed by atoms with E-state index in [-0.39, 0.29) is 24.7 Å². The van der Waals surface area contributed by atoms with Crippen molar-refractivity contribution in [1.29, 1.82) is 0 Å². The minimum atomic E-state index is -0.518. The van der Waals surface area contributed by atoms with Crippen molar-refractivity contribution in [1.82, 2.24) is 15.1 Å². The summed E-state index contributed by atoms with van der Waals surface area (Å²) in [6, 6.07) is 1.60. The van der Waals surface area contributed by atoms with Gasteiger partial charge in [-0.25, -0.2) is 0 Å². The topological polar surface area (TPSA) is 108 Å². The summed E-state index contributed by atoms with van der Waals surface area (Å²) in [4.78, 5) is 22.8. The third-order valence-electron chi connectivity index (χ3n) is 3.43. The molecule has 0 aliphatic carbocycles. The zero-order chi connectivity index (χ0) is 15.8. The molecule has 1 aliphatic rings. The van der Waals surface area contributed by atoms with Crippen LogP contribution in [0.25, 0.3) is 0 Å². The zero-order valence-electron chi connectivity index (χ0n) is 12.4. The monoisotopic (exact) mass is 310 g/mol. The Kier molecular flexibility index (Phi) is 6.35. The number of carbonyl (C=O) groups excluding carboxylic acids is 2. The van der Waals surface area contributed by atoms with Crippen LogP contribution in [0, 0.1) is 0 Å². The van der Waals surface area contributed by atoms with Crippen LogP contribution in [0.4, 0.5) is 0 Å². The lowest BCUT2D eigenvalue weighted by Gasteiger charge is -2.31. The van der Waals surface area contributed by atoms with Crippen molar-refractivity contribution in [3.63, 3.8) is 0 Å². The average Bonchev–Trinajstić information content (AvgIpc) is 2.99. The van der Waals surface area contributed by atoms with Gasteiger partial charge >= 0.3 is 0 Å². The number of aromatic nitrogens is 2. The Labute approximate surface area is 128 Å². The van der Waals surface area contributed by atoms with Crippen molar-refractivity contribution >= 4 is 11.8 Å². The van der Waals surface area contributed by atoms with Crippen molar-refractivity contribution in [2.75, 3.05) is 19.8 Å². The van der Waals surface area contributed by atoms with Gasteiger partial charge in [0.1, 0.15) is 6.61 Å². The van der Waals surface area contributed by atoms with E-state index in [2.05, 4.69) is 10.4 Å². The molecule has 8 nitrogen and oxygen atoms in total. The molecule has 0 aromatic carbocycles. The summed E-state index contributed by atoms with van der Waals surface area (Å²) in [6.07, 6.45) is 5.07. The molecule has 22 heavy (non-hydrogen) atoms. The molecule has 0 spiro atoms. The van der Waals surface area contributed by atoms with Crippen molar-refractivity contribution < 1.29 is 19.1 Å². The molecule has 0 unspecified atom stereocenters. The Hall–Kier alpha value is -1.93. The molecule has 0 radical (unpaired) electrons. The number of aryl methyl sites for hydroxylation is 1. The number of nitrogens with one attached hydrogen (secondary N) is 1. The van der Waals surface area contributed by atoms with Crippen LogP contribution in [0.5, 0.6) is 0 Å². The highest BCUT2D eigenvalue weighted by Crippen LogP contribution is 2.12. The van der Waals surface area contributed by atoms with Gasteiger partial charge in [0.25, 0.3) is 0 Å². The first-order valence-corrected chi connectivity index (χ1v) is 7.39. The van der Waals surface area contributed by atoms with E-state index in [1.54, 1.807) is 10.9 Å². The molecule has 1 aromatic heterocycles. The molecule has 122 valence electrons. The number of primary amides is 1. The van der Waals surface area contributed by atoms with E-state index >= 15 is 0 Å². The molecule has 2 atom stereocenters. The minimum absolute atomic E-state index is 0.0599. The summed E-state index contributed by atoms with van der Waals surface area (Å²) in [7, 11) is 0. The smallest absolute Gasteiger partial charge is 0.243 e. The first kappa shape index (κ1) is 16.4. The molecule has 2 amide bonds. The quantitative estimate of drug-likeness (QED) is 0.669. The van der Waals surface area contributed by atoms with Gasteiger partial charge < -0.3 is 20.5 Å². The predicted molar refractivity (Wildman–Crippen MR) is 77.8 cm³/mol. The summed E-state index contributed by atoms with van der Waals surface area (Å²) in [6.45, 7) is 1.49. The number of carbonyl (C=O) groups is 2. The van der Waals surface area contributed by atoms with Crippen LogP contribution in [0.1, 0.15) is 19.3 Å². The summed E-state index contributed by atoms with van der Waals surface area (Å²) in [5.74, 6) is -0.578. The third kappa shape index (κ3) is 5.45. The van der Waals surface area contributed by atoms with Gasteiger partial charge in [-0.05, 0) is 18.9 Å². The van der Waals surface area contributed by atoms with Gasteiger partial charge in [-0.1, -0.05) is 0 Å². The second-order valence-corrected chi connectivity index (χ2v) is 5.23. The van der Waals surface area contributed by atoms with Gasteiger partial charge in [0.2, 0.25) is 11.8 Å². The summed E-state index contributed by atoms with van der Waals surface area (Å²) < 4.78 is 12.6. The molecule has 1 fully saturated rings. The first-order chi connectivity index (χ1) is 10.6. The second-order valence-electron chi connectivity index (χ2n) is 5.23. The van der Waals surface area contributed by atoms with E-state index in [9.17, 15) is 9.59 Å². The highest BCUT2D eigenvalue weighted by Gasteiger charge is 2.28. The van der Waals surface area contributed by atoms with Crippen molar-refractivity contribution in [3.8, 4) is 0 Å². The van der Waals surface area contributed by atoms with Gasteiger partial charge in [0, 0.05) is 32.0 Å². The van der Waals surface area contributed by atoms with Crippen molar-refractivity contribution in [2.45, 2.75) is 38.0 Å². The van der Waals surface area contributed by atoms with Crippen LogP contribution >= 0.6 is 0 Å². The zero-order valence-corrected chi connectivity index (χ0v) is 12.4. The maximum Gasteiger partial charge on any atom is 0.243 e. The van der Waals surface area contributed by atoms with Gasteiger partial charge in [-0.3, -0.25) is 14.3 Å². The minimum Gasteiger partial charge on any atom is -0.379 e. The lowest BCUT2D eigenvalue weighted by Crippen LogP contribution is -2.51. The van der Waals surface area contributed by atoms with Crippen LogP contribution in [-0.2, 0) is 25.6 Å². The van der Waals surface area contributed by atoms with Crippen molar-refractivity contribution in [3.05, 3.63) is 18.5 Å². The molecule has 2 rings (SSSR count). The number of hydrogen-bond donors (Lipinski definition) is 2. The van der Waals surface area contributed by atoms with Crippen LogP contribution < -0.4 is 11.1 Å². The first-order valence-electron chi connectivity index (χ1n) is 7.39. The highest BCUT2D eigenvalue weighted by molar-refractivity contribution is 5.76. The largest absolute Gasteiger partial charge is 0.379 e. The van der Waals surface area contributed by atoms with Gasteiger partial charge in [-0.15, -0.1) is 0 Å². The number of nitrogens with zero attached hydrogens (tertiary/aromatic N) is 2. The predicted octanol–water partition coefficient (Wildman–Crippen LogP) is -0.561. The molecule has 0 saturated carbocycles. The number of nitrogens with two attached hydrogens (primary N) is 1. The summed E-state index contributed by atoms with van der Waals surface area (Å²) in [5.41, 5.74) is 5.08. The standard InChI is InChI=1S/C14H22N4O4/c15-13(19)10-22-12-4-8-21-9-11(12)17-14(20)3-1-6-18-7-2-5-16-18/h2,5,7,11-12H,1,3-4,6,8-10H2,(H2,15,19)(H,17,20)/t11-,12+/m0/s1. The summed E-state index contributed by atoms with van der Waals surface area (Å²) in [5, 5.41) is 6.98. The van der Waals surface area contributed by atoms with Crippen LogP contribution in [0.15, 0.2) is 18.5 Å². The maximum absolute atomic E-state index is 12.0. The molecule has 1 aliphatic heterocycles. The van der Waals surface area contributed by atoms with Crippen LogP contribution in [-0.4, -0.2) is 53.6 Å². The van der Waals surface area contributed by atoms with E-state index in [0.29, 0.717) is 39.0 Å². The Bertz CT molecular complexity index is 477. The number of rotatable bonds is 8. The number of hydrogen-bond acceptors (Lipinski definition) is 5. The van der Waals surface area contributed by atoms with E-state index in [1.165, 1.54) is 0 Å². The number of amides is 2. The van der Waals surface area contributed by atoms with Crippen molar-refractivity contribution in [2.24, 2.45) is 5.73 Å². The van der Waals surface area contributed by atoms with E-state index in [4.69, 9.17) is 15.2 Å². The third-order valence-corrected chi connectivity index (χ3v) is 3.43. The SMILES string of the molecule is NC(=O)CO[C@@H]1CCOC[C@@H]1NC(=O)CCCn1cccn1. The van der Waals surface area contributed by atoms with Gasteiger partial charge in [-0.2, -0.15) is 5.10 Å². The molecule has 1 saturated heterocycles. The fraction of sp³-hybridized carbons (Fsp3) is 0.643. The highest BCUT2D eigenvalue weighted by atomic mass is 16.5. The molecule has 0 bridgehead atoms. The average molecular weight is 310 g/mol. The fourth-order valence-corrected chi connectivity index (χ4v) is 2.35. The lowest BCUT2D eigenvalue weighted by molar-refractivity contribution is -0.131. The Balaban J connectivity index is 1.71. The molecular weight excluding hydrogens is 288 g/mol. The Morgan fingerprint density at radius 1 is 1.50 bits per heavy atom. The number of ether oxygens (including phenoxy) is 2. The van der Waals surface area contributed by atoms with Gasteiger partial charge in [0.15, 0.2) is 0 Å². The molecule has 1 aromatic rings. The molecular formula is C14H22N4O4. The Morgan fingerprint density at radius 2 is 2.36 bits per heavy atom. The molecule has 2 heterocycles. The Morgan fingerprint density at radius 3 is 3.09 bits per heavy atom. The fourth-order valence-electron chi connectivity index (χ4n) is 2.35. The molecule has 8 heteroatoms. The maximum atomic E-state index is 12.0.